The molecule has 1 aromatic rings. The zero-order valence-electron chi connectivity index (χ0n) is 10.0. The van der Waals surface area contributed by atoms with E-state index in [4.69, 9.17) is 5.73 Å². The van der Waals surface area contributed by atoms with Crippen molar-refractivity contribution in [3.05, 3.63) is 29.8 Å². The van der Waals surface area contributed by atoms with Crippen molar-refractivity contribution in [2.75, 3.05) is 0 Å². The van der Waals surface area contributed by atoms with E-state index in [1.54, 1.807) is 13.8 Å². The Morgan fingerprint density at radius 1 is 1.33 bits per heavy atom. The van der Waals surface area contributed by atoms with Crippen LogP contribution in [-0.4, -0.2) is 17.7 Å². The first-order valence-electron chi connectivity index (χ1n) is 5.25. The molecule has 0 unspecified atom stereocenters. The number of hydrogen-bond acceptors (Lipinski definition) is 3. The summed E-state index contributed by atoms with van der Waals surface area (Å²) in [7, 11) is 0. The van der Waals surface area contributed by atoms with Gasteiger partial charge in [0.25, 0.3) is 0 Å². The second-order valence-electron chi connectivity index (χ2n) is 4.66. The first-order chi connectivity index (χ1) is 8.07. The normalized spacial score (nSPS) is 12.3. The summed E-state index contributed by atoms with van der Waals surface area (Å²) in [5, 5.41) is 0. The molecule has 0 aliphatic rings. The summed E-state index contributed by atoms with van der Waals surface area (Å²) in [6.45, 7) is 3.34. The van der Waals surface area contributed by atoms with Gasteiger partial charge in [-0.3, -0.25) is 4.79 Å². The van der Waals surface area contributed by atoms with Gasteiger partial charge in [0, 0.05) is 17.5 Å². The Kier molecular flexibility index (Phi) is 4.01. The van der Waals surface area contributed by atoms with Crippen LogP contribution < -0.4 is 10.5 Å². The third-order valence-corrected chi connectivity index (χ3v) is 2.01. The van der Waals surface area contributed by atoms with Crippen molar-refractivity contribution >= 4 is 5.78 Å². The van der Waals surface area contributed by atoms with Crippen molar-refractivity contribution in [2.45, 2.75) is 32.2 Å². The number of rotatable bonds is 4. The Labute approximate surface area is 103 Å². The molecule has 0 fully saturated rings. The topological polar surface area (TPSA) is 52.3 Å². The van der Waals surface area contributed by atoms with Gasteiger partial charge in [-0.25, -0.2) is 0 Å². The molecule has 1 rings (SSSR count). The Bertz CT molecular complexity index is 436. The Balaban J connectivity index is 2.85. The number of Topliss-reactive ketones (excluding diaryl/α,β-unsaturated/α-hetero) is 1. The Morgan fingerprint density at radius 2 is 1.94 bits per heavy atom. The molecule has 0 radical (unpaired) electrons. The number of nitrogens with two attached hydrogens (primary N) is 1. The van der Waals surface area contributed by atoms with E-state index in [-0.39, 0.29) is 17.8 Å². The van der Waals surface area contributed by atoms with Crippen molar-refractivity contribution in [1.82, 2.24) is 0 Å². The average Bonchev–Trinajstić information content (AvgIpc) is 2.12. The second kappa shape index (κ2) is 4.97. The van der Waals surface area contributed by atoms with E-state index in [1.807, 2.05) is 0 Å². The number of ether oxygens (including phenoxy) is 1. The third kappa shape index (κ3) is 5.18. The van der Waals surface area contributed by atoms with Crippen molar-refractivity contribution < 1.29 is 22.7 Å². The molecule has 0 aliphatic heterocycles. The molecule has 0 atom stereocenters. The molecule has 100 valence electrons. The van der Waals surface area contributed by atoms with E-state index in [1.165, 1.54) is 12.1 Å². The van der Waals surface area contributed by atoms with E-state index in [0.29, 0.717) is 0 Å². The summed E-state index contributed by atoms with van der Waals surface area (Å²) in [5.41, 5.74) is 5.12. The standard InChI is InChI=1S/C12H14F3NO2/c1-11(2,16)7-10(17)8-4-3-5-9(6-8)18-12(13,14)15/h3-6H,7,16H2,1-2H3. The fraction of sp³-hybridized carbons (Fsp3) is 0.417. The summed E-state index contributed by atoms with van der Waals surface area (Å²) >= 11 is 0. The monoisotopic (exact) mass is 261 g/mol. The number of benzene rings is 1. The summed E-state index contributed by atoms with van der Waals surface area (Å²) < 4.78 is 39.8. The van der Waals surface area contributed by atoms with Crippen LogP contribution in [0.3, 0.4) is 0 Å². The average molecular weight is 261 g/mol. The maximum absolute atomic E-state index is 12.0. The van der Waals surface area contributed by atoms with Crippen molar-refractivity contribution in [3.63, 3.8) is 0 Å². The summed E-state index contributed by atoms with van der Waals surface area (Å²) in [4.78, 5) is 11.8. The molecule has 0 bridgehead atoms. The lowest BCUT2D eigenvalue weighted by Gasteiger charge is -2.17. The highest BCUT2D eigenvalue weighted by Crippen LogP contribution is 2.24. The van der Waals surface area contributed by atoms with Gasteiger partial charge in [0.2, 0.25) is 0 Å². The first kappa shape index (κ1) is 14.5. The van der Waals surface area contributed by atoms with Gasteiger partial charge < -0.3 is 10.5 Å². The predicted octanol–water partition coefficient (Wildman–Crippen LogP) is 2.90. The largest absolute Gasteiger partial charge is 0.573 e. The van der Waals surface area contributed by atoms with Crippen LogP contribution in [0.25, 0.3) is 0 Å². The van der Waals surface area contributed by atoms with Gasteiger partial charge in [-0.2, -0.15) is 0 Å². The van der Waals surface area contributed by atoms with E-state index >= 15 is 0 Å². The second-order valence-corrected chi connectivity index (χ2v) is 4.66. The van der Waals surface area contributed by atoms with Gasteiger partial charge >= 0.3 is 6.36 Å². The number of alkyl halides is 3. The molecule has 0 spiro atoms. The van der Waals surface area contributed by atoms with Crippen molar-refractivity contribution in [1.29, 1.82) is 0 Å². The van der Waals surface area contributed by atoms with E-state index in [0.717, 1.165) is 12.1 Å². The third-order valence-electron chi connectivity index (χ3n) is 2.01. The molecular weight excluding hydrogens is 247 g/mol. The molecular formula is C12H14F3NO2. The van der Waals surface area contributed by atoms with Crippen LogP contribution in [0.15, 0.2) is 24.3 Å². The van der Waals surface area contributed by atoms with Crippen LogP contribution in [0, 0.1) is 0 Å². The number of ketones is 1. The van der Waals surface area contributed by atoms with Crippen LogP contribution in [0.4, 0.5) is 13.2 Å². The van der Waals surface area contributed by atoms with Gasteiger partial charge in [0.15, 0.2) is 5.78 Å². The van der Waals surface area contributed by atoms with E-state index in [9.17, 15) is 18.0 Å². The lowest BCUT2D eigenvalue weighted by atomic mass is 9.95. The fourth-order valence-corrected chi connectivity index (χ4v) is 1.38. The maximum atomic E-state index is 12.0. The van der Waals surface area contributed by atoms with Crippen molar-refractivity contribution in [2.24, 2.45) is 5.73 Å². The van der Waals surface area contributed by atoms with Crippen LogP contribution >= 0.6 is 0 Å². The molecule has 2 N–H and O–H groups in total. The number of halogens is 3. The molecule has 0 amide bonds. The van der Waals surface area contributed by atoms with Gasteiger partial charge in [0.05, 0.1) is 0 Å². The van der Waals surface area contributed by atoms with Gasteiger partial charge in [-0.1, -0.05) is 12.1 Å². The molecule has 18 heavy (non-hydrogen) atoms. The minimum atomic E-state index is -4.77. The zero-order chi connectivity index (χ0) is 14.0. The highest BCUT2D eigenvalue weighted by Gasteiger charge is 2.31. The minimum absolute atomic E-state index is 0.0441. The number of carbonyl (C=O) groups excluding carboxylic acids is 1. The lowest BCUT2D eigenvalue weighted by molar-refractivity contribution is -0.274. The van der Waals surface area contributed by atoms with Crippen LogP contribution in [0.1, 0.15) is 30.6 Å². The molecule has 3 nitrogen and oxygen atoms in total. The molecule has 0 saturated heterocycles. The Hall–Kier alpha value is -1.56. The van der Waals surface area contributed by atoms with Crippen molar-refractivity contribution in [3.8, 4) is 5.75 Å². The first-order valence-corrected chi connectivity index (χ1v) is 5.25. The molecule has 0 heterocycles. The molecule has 0 saturated carbocycles. The smallest absolute Gasteiger partial charge is 0.406 e. The molecule has 6 heteroatoms. The summed E-state index contributed by atoms with van der Waals surface area (Å²) in [5.74, 6) is -0.738. The SMILES string of the molecule is CC(C)(N)CC(=O)c1cccc(OC(F)(F)F)c1. The zero-order valence-corrected chi connectivity index (χ0v) is 10.0. The quantitative estimate of drug-likeness (QED) is 0.848. The van der Waals surface area contributed by atoms with Crippen LogP contribution in [-0.2, 0) is 0 Å². The van der Waals surface area contributed by atoms with E-state index < -0.39 is 17.7 Å². The summed E-state index contributed by atoms with van der Waals surface area (Å²) in [6.07, 6.45) is -4.72. The van der Waals surface area contributed by atoms with Gasteiger partial charge in [-0.15, -0.1) is 13.2 Å². The highest BCUT2D eigenvalue weighted by molar-refractivity contribution is 5.97. The van der Waals surface area contributed by atoms with Gasteiger partial charge in [-0.05, 0) is 26.0 Å². The number of carbonyl (C=O) groups is 1. The predicted molar refractivity (Wildman–Crippen MR) is 60.3 cm³/mol. The maximum Gasteiger partial charge on any atom is 0.573 e. The molecule has 1 aromatic carbocycles. The van der Waals surface area contributed by atoms with E-state index in [2.05, 4.69) is 4.74 Å². The minimum Gasteiger partial charge on any atom is -0.406 e. The van der Waals surface area contributed by atoms with Crippen LogP contribution in [0.2, 0.25) is 0 Å². The number of hydrogen-bond donors (Lipinski definition) is 1. The Morgan fingerprint density at radius 3 is 2.44 bits per heavy atom. The van der Waals surface area contributed by atoms with Crippen LogP contribution in [0.5, 0.6) is 5.75 Å². The lowest BCUT2D eigenvalue weighted by Crippen LogP contribution is -2.34. The fourth-order valence-electron chi connectivity index (χ4n) is 1.38. The van der Waals surface area contributed by atoms with Gasteiger partial charge in [0.1, 0.15) is 5.75 Å². The molecule has 0 aromatic heterocycles. The molecule has 0 aliphatic carbocycles. The highest BCUT2D eigenvalue weighted by atomic mass is 19.4. The summed E-state index contributed by atoms with van der Waals surface area (Å²) in [6, 6.07) is 4.95.